The van der Waals surface area contributed by atoms with Crippen LogP contribution in [0.25, 0.3) is 0 Å². The smallest absolute Gasteiger partial charge is 0.352 e. The molecule has 0 saturated carbocycles. The fourth-order valence-corrected chi connectivity index (χ4v) is 0.654. The summed E-state index contributed by atoms with van der Waals surface area (Å²) in [5.74, 6) is -3.53. The molecule has 0 saturated heterocycles. The predicted molar refractivity (Wildman–Crippen MR) is 37.7 cm³/mol. The van der Waals surface area contributed by atoms with Gasteiger partial charge in [-0.05, 0) is 0 Å². The number of aliphatic hydroxyl groups is 3. The molecule has 7 heteroatoms. The number of carbonyl (C=O) groups excluding carboxylic acids is 1. The van der Waals surface area contributed by atoms with Crippen molar-refractivity contribution >= 4 is 11.9 Å². The number of rotatable bonds is 4. The number of aliphatic hydroxyl groups excluding tert-OH is 2. The second-order valence-electron chi connectivity index (χ2n) is 2.26. The number of aliphatic carboxylic acids is 1. The molecule has 2 unspecified atom stereocenters. The van der Waals surface area contributed by atoms with E-state index >= 15 is 0 Å². The van der Waals surface area contributed by atoms with E-state index in [2.05, 4.69) is 4.74 Å². The van der Waals surface area contributed by atoms with Crippen molar-refractivity contribution in [3.8, 4) is 0 Å². The van der Waals surface area contributed by atoms with E-state index in [1.807, 2.05) is 0 Å². The molecule has 0 aromatic carbocycles. The summed E-state index contributed by atoms with van der Waals surface area (Å²) in [4.78, 5) is 21.2. The standard InChI is InChI=1S/C6H10O7/c1-13-5(11)6(12,4(9)10)3(8)2-7/h3,7-8,12H,2H2,1H3,(H,9,10). The van der Waals surface area contributed by atoms with Gasteiger partial charge in [0.05, 0.1) is 13.7 Å². The maximum absolute atomic E-state index is 10.8. The number of esters is 1. The topological polar surface area (TPSA) is 124 Å². The van der Waals surface area contributed by atoms with Gasteiger partial charge in [0.1, 0.15) is 6.10 Å². The Balaban J connectivity index is 4.94. The van der Waals surface area contributed by atoms with Crippen LogP contribution in [-0.4, -0.2) is 57.8 Å². The van der Waals surface area contributed by atoms with Crippen LogP contribution >= 0.6 is 0 Å². The Morgan fingerprint density at radius 3 is 2.23 bits per heavy atom. The van der Waals surface area contributed by atoms with Crippen LogP contribution < -0.4 is 0 Å². The van der Waals surface area contributed by atoms with Crippen LogP contribution in [0.1, 0.15) is 0 Å². The molecule has 0 radical (unpaired) electrons. The molecule has 13 heavy (non-hydrogen) atoms. The highest BCUT2D eigenvalue weighted by Gasteiger charge is 2.52. The highest BCUT2D eigenvalue weighted by atomic mass is 16.6. The third-order valence-corrected chi connectivity index (χ3v) is 1.48. The van der Waals surface area contributed by atoms with Crippen LogP contribution in [0.5, 0.6) is 0 Å². The monoisotopic (exact) mass is 194 g/mol. The second-order valence-corrected chi connectivity index (χ2v) is 2.26. The molecule has 0 fully saturated rings. The molecule has 0 amide bonds. The molecule has 0 aliphatic rings. The lowest BCUT2D eigenvalue weighted by atomic mass is 9.98. The first kappa shape index (κ1) is 11.8. The van der Waals surface area contributed by atoms with E-state index in [-0.39, 0.29) is 0 Å². The van der Waals surface area contributed by atoms with Crippen molar-refractivity contribution in [1.82, 2.24) is 0 Å². The Hall–Kier alpha value is -1.18. The van der Waals surface area contributed by atoms with Crippen LogP contribution in [0.15, 0.2) is 0 Å². The quantitative estimate of drug-likeness (QED) is 0.284. The Kier molecular flexibility index (Phi) is 3.79. The Morgan fingerprint density at radius 2 is 2.00 bits per heavy atom. The lowest BCUT2D eigenvalue weighted by Crippen LogP contribution is -2.57. The molecule has 0 aliphatic heterocycles. The van der Waals surface area contributed by atoms with E-state index in [4.69, 9.17) is 20.4 Å². The molecule has 2 atom stereocenters. The van der Waals surface area contributed by atoms with Crippen molar-refractivity contribution in [1.29, 1.82) is 0 Å². The summed E-state index contributed by atoms with van der Waals surface area (Å²) in [7, 11) is 0.848. The van der Waals surface area contributed by atoms with Gasteiger partial charge in [0.15, 0.2) is 0 Å². The zero-order chi connectivity index (χ0) is 10.6. The average molecular weight is 194 g/mol. The van der Waals surface area contributed by atoms with Crippen molar-refractivity contribution < 1.29 is 34.8 Å². The van der Waals surface area contributed by atoms with Gasteiger partial charge in [0, 0.05) is 0 Å². The average Bonchev–Trinajstić information content (AvgIpc) is 2.13. The molecule has 76 valence electrons. The third-order valence-electron chi connectivity index (χ3n) is 1.48. The molecule has 0 bridgehead atoms. The number of carbonyl (C=O) groups is 2. The lowest BCUT2D eigenvalue weighted by Gasteiger charge is -2.24. The predicted octanol–water partition coefficient (Wildman–Crippen LogP) is -2.67. The molecule has 0 rings (SSSR count). The second kappa shape index (κ2) is 4.17. The Bertz CT molecular complexity index is 213. The van der Waals surface area contributed by atoms with Crippen LogP contribution in [-0.2, 0) is 14.3 Å². The van der Waals surface area contributed by atoms with Crippen molar-refractivity contribution in [2.24, 2.45) is 0 Å². The first-order valence-corrected chi connectivity index (χ1v) is 3.24. The number of carboxylic acid groups (broad SMARTS) is 1. The van der Waals surface area contributed by atoms with E-state index in [0.29, 0.717) is 0 Å². The zero-order valence-electron chi connectivity index (χ0n) is 6.80. The zero-order valence-corrected chi connectivity index (χ0v) is 6.80. The van der Waals surface area contributed by atoms with E-state index < -0.39 is 30.3 Å². The maximum Gasteiger partial charge on any atom is 0.352 e. The van der Waals surface area contributed by atoms with Gasteiger partial charge in [0.25, 0.3) is 5.60 Å². The normalized spacial score (nSPS) is 17.2. The van der Waals surface area contributed by atoms with Crippen molar-refractivity contribution in [3.05, 3.63) is 0 Å². The van der Waals surface area contributed by atoms with E-state index in [1.54, 1.807) is 0 Å². The van der Waals surface area contributed by atoms with Crippen LogP contribution in [0, 0.1) is 0 Å². The van der Waals surface area contributed by atoms with Gasteiger partial charge < -0.3 is 25.2 Å². The van der Waals surface area contributed by atoms with Gasteiger partial charge in [-0.2, -0.15) is 0 Å². The molecule has 0 heterocycles. The first-order chi connectivity index (χ1) is 5.91. The van der Waals surface area contributed by atoms with E-state index in [0.717, 1.165) is 7.11 Å². The fourth-order valence-electron chi connectivity index (χ4n) is 0.654. The maximum atomic E-state index is 10.8. The largest absolute Gasteiger partial charge is 0.479 e. The highest BCUT2D eigenvalue weighted by Crippen LogP contribution is 2.13. The summed E-state index contributed by atoms with van der Waals surface area (Å²) in [6.07, 6.45) is -2.13. The minimum absolute atomic E-state index is 0.848. The van der Waals surface area contributed by atoms with Gasteiger partial charge in [-0.3, -0.25) is 0 Å². The number of carboxylic acids is 1. The van der Waals surface area contributed by atoms with Gasteiger partial charge in [0.2, 0.25) is 0 Å². The summed E-state index contributed by atoms with van der Waals surface area (Å²) in [5.41, 5.74) is -3.12. The van der Waals surface area contributed by atoms with Gasteiger partial charge in [-0.25, -0.2) is 9.59 Å². The van der Waals surface area contributed by atoms with Gasteiger partial charge in [-0.15, -0.1) is 0 Å². The third kappa shape index (κ3) is 1.94. The minimum atomic E-state index is -3.12. The number of hydrogen-bond donors (Lipinski definition) is 4. The van der Waals surface area contributed by atoms with E-state index in [1.165, 1.54) is 0 Å². The van der Waals surface area contributed by atoms with Crippen molar-refractivity contribution in [2.45, 2.75) is 11.7 Å². The number of ether oxygens (including phenoxy) is 1. The molecule has 0 aromatic rings. The molecular formula is C6H10O7. The van der Waals surface area contributed by atoms with Crippen molar-refractivity contribution in [3.63, 3.8) is 0 Å². The number of hydrogen-bond acceptors (Lipinski definition) is 6. The summed E-state index contributed by atoms with van der Waals surface area (Å²) < 4.78 is 3.96. The van der Waals surface area contributed by atoms with Crippen LogP contribution in [0.2, 0.25) is 0 Å². The summed E-state index contributed by atoms with van der Waals surface area (Å²) >= 11 is 0. The summed E-state index contributed by atoms with van der Waals surface area (Å²) in [6, 6.07) is 0. The molecule has 0 spiro atoms. The Morgan fingerprint density at radius 1 is 1.54 bits per heavy atom. The van der Waals surface area contributed by atoms with Gasteiger partial charge in [-0.1, -0.05) is 0 Å². The van der Waals surface area contributed by atoms with Crippen LogP contribution in [0.3, 0.4) is 0 Å². The fraction of sp³-hybridized carbons (Fsp3) is 0.667. The first-order valence-electron chi connectivity index (χ1n) is 3.24. The molecule has 0 aromatic heterocycles. The lowest BCUT2D eigenvalue weighted by molar-refractivity contribution is -0.193. The Labute approximate surface area is 73.2 Å². The van der Waals surface area contributed by atoms with E-state index in [9.17, 15) is 9.59 Å². The highest BCUT2D eigenvalue weighted by molar-refractivity contribution is 6.03. The molecule has 7 nitrogen and oxygen atoms in total. The molecule has 0 aliphatic carbocycles. The minimum Gasteiger partial charge on any atom is -0.479 e. The molecule has 4 N–H and O–H groups in total. The van der Waals surface area contributed by atoms with Crippen molar-refractivity contribution in [2.75, 3.05) is 13.7 Å². The molecular weight excluding hydrogens is 184 g/mol. The summed E-state index contributed by atoms with van der Waals surface area (Å²) in [5, 5.41) is 34.8. The van der Waals surface area contributed by atoms with Gasteiger partial charge >= 0.3 is 11.9 Å². The summed E-state index contributed by atoms with van der Waals surface area (Å²) in [6.45, 7) is -1.07. The number of methoxy groups -OCH3 is 1. The van der Waals surface area contributed by atoms with Crippen LogP contribution in [0.4, 0.5) is 0 Å². The SMILES string of the molecule is COC(=O)C(O)(C(=O)O)C(O)CO.